The van der Waals surface area contributed by atoms with Crippen LogP contribution >= 0.6 is 11.6 Å². The predicted octanol–water partition coefficient (Wildman–Crippen LogP) is 3.39. The molecule has 0 saturated heterocycles. The quantitative estimate of drug-likeness (QED) is 0.661. The van der Waals surface area contributed by atoms with Crippen LogP contribution in [0.4, 0.5) is 0 Å². The van der Waals surface area contributed by atoms with Gasteiger partial charge in [-0.2, -0.15) is 10.4 Å². The second-order valence-corrected chi connectivity index (χ2v) is 6.95. The largest absolute Gasteiger partial charge is 0.493 e. The van der Waals surface area contributed by atoms with Crippen molar-refractivity contribution in [2.24, 2.45) is 0 Å². The van der Waals surface area contributed by atoms with E-state index in [9.17, 15) is 10.1 Å². The highest BCUT2D eigenvalue weighted by Gasteiger charge is 2.29. The van der Waals surface area contributed by atoms with E-state index in [1.165, 1.54) is 0 Å². The summed E-state index contributed by atoms with van der Waals surface area (Å²) in [5, 5.41) is 14.0. The molecule has 4 rings (SSSR count). The third-order valence-electron chi connectivity index (χ3n) is 4.81. The maximum Gasteiger partial charge on any atom is 0.259 e. The normalized spacial score (nSPS) is 12.9. The number of pyridine rings is 1. The van der Waals surface area contributed by atoms with Crippen LogP contribution in [0.15, 0.2) is 42.9 Å². The van der Waals surface area contributed by atoms with Gasteiger partial charge < -0.3 is 9.64 Å². The van der Waals surface area contributed by atoms with E-state index in [1.807, 2.05) is 31.3 Å². The number of aromatic nitrogens is 3. The van der Waals surface area contributed by atoms with Gasteiger partial charge in [0.15, 0.2) is 0 Å². The summed E-state index contributed by atoms with van der Waals surface area (Å²) in [6.07, 6.45) is 6.00. The molecule has 146 valence electrons. The zero-order valence-corrected chi connectivity index (χ0v) is 16.6. The van der Waals surface area contributed by atoms with Crippen LogP contribution in [0.2, 0.25) is 5.02 Å². The number of carbonyl (C=O) groups is 1. The summed E-state index contributed by atoms with van der Waals surface area (Å²) in [5.41, 5.74) is 3.34. The molecule has 0 N–H and O–H groups in total. The molecule has 1 aliphatic rings. The molecule has 0 bridgehead atoms. The first kappa shape index (κ1) is 19.0. The lowest BCUT2D eigenvalue weighted by Gasteiger charge is -2.27. The Morgan fingerprint density at radius 1 is 1.31 bits per heavy atom. The van der Waals surface area contributed by atoms with E-state index in [1.54, 1.807) is 34.1 Å². The zero-order valence-electron chi connectivity index (χ0n) is 15.8. The molecule has 0 saturated carbocycles. The van der Waals surface area contributed by atoms with Gasteiger partial charge in [0.25, 0.3) is 5.91 Å². The van der Waals surface area contributed by atoms with Crippen LogP contribution in [0.5, 0.6) is 5.75 Å². The molecule has 1 amide bonds. The Morgan fingerprint density at radius 3 is 2.83 bits per heavy atom. The minimum atomic E-state index is -0.252. The van der Waals surface area contributed by atoms with Gasteiger partial charge in [-0.1, -0.05) is 11.6 Å². The molecule has 0 fully saturated rings. The number of carbonyl (C=O) groups excluding carboxylic acids is 1. The molecule has 29 heavy (non-hydrogen) atoms. The SMILES string of the molecule is CCOc1ccc(C#N)c(Cl)c1C(=O)N1CCc2nn(-c3ccncc3)cc2C1. The Bertz CT molecular complexity index is 1100. The Balaban J connectivity index is 1.64. The first-order valence-electron chi connectivity index (χ1n) is 9.24. The van der Waals surface area contributed by atoms with Crippen molar-refractivity contribution in [1.82, 2.24) is 19.7 Å². The summed E-state index contributed by atoms with van der Waals surface area (Å²) < 4.78 is 7.40. The Hall–Kier alpha value is -3.37. The van der Waals surface area contributed by atoms with Crippen LogP contribution in [0.25, 0.3) is 5.69 Å². The topological polar surface area (TPSA) is 84.0 Å². The molecule has 0 unspecified atom stereocenters. The standard InChI is InChI=1S/C21H18ClN5O2/c1-2-29-18-4-3-14(11-23)20(22)19(18)21(28)26-10-7-17-15(12-26)13-27(25-17)16-5-8-24-9-6-16/h3-6,8-9,13H,2,7,10,12H2,1H3. The number of benzene rings is 1. The Kier molecular flexibility index (Phi) is 5.19. The molecular weight excluding hydrogens is 390 g/mol. The molecule has 0 aliphatic carbocycles. The molecule has 0 radical (unpaired) electrons. The maximum atomic E-state index is 13.3. The summed E-state index contributed by atoms with van der Waals surface area (Å²) in [7, 11) is 0. The number of ether oxygens (including phenoxy) is 1. The maximum absolute atomic E-state index is 13.3. The molecule has 7 nitrogen and oxygen atoms in total. The molecule has 0 spiro atoms. The molecule has 3 aromatic rings. The highest BCUT2D eigenvalue weighted by molar-refractivity contribution is 6.35. The lowest BCUT2D eigenvalue weighted by molar-refractivity contribution is 0.0730. The fraction of sp³-hybridized carbons (Fsp3) is 0.238. The minimum absolute atomic E-state index is 0.127. The molecule has 1 aromatic carbocycles. The van der Waals surface area contributed by atoms with Crippen LogP contribution in [-0.4, -0.2) is 38.7 Å². The highest BCUT2D eigenvalue weighted by atomic mass is 35.5. The van der Waals surface area contributed by atoms with E-state index in [4.69, 9.17) is 16.3 Å². The van der Waals surface area contributed by atoms with Crippen molar-refractivity contribution in [3.05, 3.63) is 70.3 Å². The van der Waals surface area contributed by atoms with Crippen molar-refractivity contribution in [2.45, 2.75) is 19.9 Å². The van der Waals surface area contributed by atoms with Gasteiger partial charge in [0.05, 0.1) is 28.6 Å². The van der Waals surface area contributed by atoms with Gasteiger partial charge in [-0.15, -0.1) is 0 Å². The van der Waals surface area contributed by atoms with E-state index in [2.05, 4.69) is 10.1 Å². The van der Waals surface area contributed by atoms with Crippen molar-refractivity contribution < 1.29 is 9.53 Å². The fourth-order valence-corrected chi connectivity index (χ4v) is 3.67. The van der Waals surface area contributed by atoms with Gasteiger partial charge >= 0.3 is 0 Å². The molecule has 0 atom stereocenters. The summed E-state index contributed by atoms with van der Waals surface area (Å²) in [6, 6.07) is 8.97. The number of rotatable bonds is 4. The smallest absolute Gasteiger partial charge is 0.259 e. The van der Waals surface area contributed by atoms with Crippen LogP contribution in [0, 0.1) is 11.3 Å². The average Bonchev–Trinajstić information content (AvgIpc) is 3.18. The number of fused-ring (bicyclic) bond motifs is 1. The van der Waals surface area contributed by atoms with Gasteiger partial charge in [0.1, 0.15) is 17.4 Å². The van der Waals surface area contributed by atoms with Gasteiger partial charge in [-0.05, 0) is 31.2 Å². The van der Waals surface area contributed by atoms with Crippen molar-refractivity contribution in [2.75, 3.05) is 13.2 Å². The number of halogens is 1. The van der Waals surface area contributed by atoms with Gasteiger partial charge in [0, 0.05) is 43.7 Å². The molecule has 1 aliphatic heterocycles. The summed E-state index contributed by atoms with van der Waals surface area (Å²) in [6.45, 7) is 3.15. The molecule has 8 heteroatoms. The van der Waals surface area contributed by atoms with Gasteiger partial charge in [0.2, 0.25) is 0 Å². The summed E-state index contributed by atoms with van der Waals surface area (Å²) in [5.74, 6) is 0.137. The second kappa shape index (κ2) is 7.94. The summed E-state index contributed by atoms with van der Waals surface area (Å²) in [4.78, 5) is 19.0. The number of hydrogen-bond donors (Lipinski definition) is 0. The monoisotopic (exact) mass is 407 g/mol. The first-order valence-corrected chi connectivity index (χ1v) is 9.62. The third-order valence-corrected chi connectivity index (χ3v) is 5.20. The van der Waals surface area contributed by atoms with Crippen molar-refractivity contribution >= 4 is 17.5 Å². The second-order valence-electron chi connectivity index (χ2n) is 6.57. The van der Waals surface area contributed by atoms with Gasteiger partial charge in [-0.3, -0.25) is 9.78 Å². The van der Waals surface area contributed by atoms with Gasteiger partial charge in [-0.25, -0.2) is 4.68 Å². The third kappa shape index (κ3) is 3.55. The Morgan fingerprint density at radius 2 is 2.10 bits per heavy atom. The number of nitrogens with zero attached hydrogens (tertiary/aromatic N) is 5. The number of nitriles is 1. The number of hydrogen-bond acceptors (Lipinski definition) is 5. The van der Waals surface area contributed by atoms with E-state index in [0.29, 0.717) is 31.9 Å². The molecule has 3 heterocycles. The van der Waals surface area contributed by atoms with E-state index < -0.39 is 0 Å². The zero-order chi connectivity index (χ0) is 20.4. The van der Waals surface area contributed by atoms with Crippen LogP contribution in [-0.2, 0) is 13.0 Å². The van der Waals surface area contributed by atoms with E-state index in [-0.39, 0.29) is 22.1 Å². The van der Waals surface area contributed by atoms with Crippen molar-refractivity contribution in [3.8, 4) is 17.5 Å². The average molecular weight is 408 g/mol. The first-order chi connectivity index (χ1) is 14.1. The summed E-state index contributed by atoms with van der Waals surface area (Å²) >= 11 is 6.38. The van der Waals surface area contributed by atoms with Crippen LogP contribution in [0.1, 0.15) is 34.1 Å². The lowest BCUT2D eigenvalue weighted by Crippen LogP contribution is -2.36. The highest BCUT2D eigenvalue weighted by Crippen LogP contribution is 2.32. The van der Waals surface area contributed by atoms with E-state index in [0.717, 1.165) is 16.9 Å². The predicted molar refractivity (Wildman–Crippen MR) is 107 cm³/mol. The van der Waals surface area contributed by atoms with E-state index >= 15 is 0 Å². The molecular formula is C21H18ClN5O2. The fourth-order valence-electron chi connectivity index (χ4n) is 3.39. The number of amides is 1. The Labute approximate surface area is 173 Å². The lowest BCUT2D eigenvalue weighted by atomic mass is 10.0. The molecule has 2 aromatic heterocycles. The van der Waals surface area contributed by atoms with Crippen LogP contribution < -0.4 is 4.74 Å². The minimum Gasteiger partial charge on any atom is -0.493 e. The van der Waals surface area contributed by atoms with Crippen LogP contribution in [0.3, 0.4) is 0 Å². The van der Waals surface area contributed by atoms with Crippen molar-refractivity contribution in [1.29, 1.82) is 5.26 Å². The van der Waals surface area contributed by atoms with Crippen molar-refractivity contribution in [3.63, 3.8) is 0 Å².